The molecule has 0 radical (unpaired) electrons. The van der Waals surface area contributed by atoms with Crippen molar-refractivity contribution < 1.29 is 84.3 Å². The van der Waals surface area contributed by atoms with Gasteiger partial charge in [0.2, 0.25) is 11.8 Å². The van der Waals surface area contributed by atoms with Gasteiger partial charge in [0.15, 0.2) is 41.3 Å². The zero-order valence-electron chi connectivity index (χ0n) is 88.6. The average molecular weight is 1970 g/mol. The smallest absolute Gasteiger partial charge is 0.486 e. The summed E-state index contributed by atoms with van der Waals surface area (Å²) in [6.07, 6.45) is 4.29. The minimum atomic E-state index is -4.66. The fraction of sp³-hybridized carbons (Fsp3) is 0.483. The molecule has 143 heavy (non-hydrogen) atoms. The second-order valence-corrected chi connectivity index (χ2v) is 42.8. The van der Waals surface area contributed by atoms with E-state index >= 15 is 0 Å². The van der Waals surface area contributed by atoms with Crippen LogP contribution in [0, 0.1) is 53.3 Å². The van der Waals surface area contributed by atoms with Crippen LogP contribution in [-0.2, 0) is 107 Å². The molecule has 9 aliphatic rings. The van der Waals surface area contributed by atoms with E-state index in [0.717, 1.165) is 164 Å². The van der Waals surface area contributed by atoms with E-state index in [9.17, 15) is 51.1 Å². The number of alkyl halides is 4. The normalized spacial score (nSPS) is 16.4. The van der Waals surface area contributed by atoms with E-state index in [2.05, 4.69) is 239 Å². The van der Waals surface area contributed by atoms with Gasteiger partial charge in [0.25, 0.3) is 29.5 Å². The lowest BCUT2D eigenvalue weighted by Gasteiger charge is -2.32. The number of amides is 7. The summed E-state index contributed by atoms with van der Waals surface area (Å²) < 4.78 is 87.2. The molecule has 9 heterocycles. The maximum Gasteiger partial charge on any atom is 0.507 e. The minimum Gasteiger partial charge on any atom is -0.486 e. The highest BCUT2D eigenvalue weighted by atomic mass is 19.3. The monoisotopic (exact) mass is 1970 g/mol. The Kier molecular flexibility index (Phi) is 40.3. The van der Waals surface area contributed by atoms with Crippen molar-refractivity contribution in [1.82, 2.24) is 10.2 Å². The van der Waals surface area contributed by atoms with Crippen LogP contribution in [0.15, 0.2) is 164 Å². The number of nitrogens with one attached hydrogen (secondary N) is 4. The molecular weight excluding hydrogens is 1820 g/mol. The molecule has 21 nitrogen and oxygen atoms in total. The minimum absolute atomic E-state index is 0.00852. The molecule has 0 spiro atoms. The number of carbonyl (C=O) groups excluding carboxylic acids is 7. The Balaban J connectivity index is 0.000000165. The second kappa shape index (κ2) is 51.2. The molecule has 7 amide bonds. The van der Waals surface area contributed by atoms with Gasteiger partial charge in [0.1, 0.15) is 30.5 Å². The molecule has 9 aromatic carbocycles. The molecule has 1 atom stereocenters. The number of rotatable bonds is 18. The lowest BCUT2D eigenvalue weighted by Crippen LogP contribution is -2.52. The number of nitrogens with zero attached hydrogens (tertiary/aromatic N) is 3. The van der Waals surface area contributed by atoms with Gasteiger partial charge < -0.3 is 69.1 Å². The van der Waals surface area contributed by atoms with Crippen molar-refractivity contribution in [2.24, 2.45) is 53.3 Å². The Morgan fingerprint density at radius 2 is 0.741 bits per heavy atom. The summed E-state index contributed by atoms with van der Waals surface area (Å²) in [6.45, 7) is 47.5. The van der Waals surface area contributed by atoms with Crippen LogP contribution in [0.2, 0.25) is 0 Å². The van der Waals surface area contributed by atoms with Gasteiger partial charge in [0.05, 0.1) is 17.1 Å². The van der Waals surface area contributed by atoms with Crippen LogP contribution in [0.3, 0.4) is 0 Å². The van der Waals surface area contributed by atoms with Crippen LogP contribution in [-0.4, -0.2) is 124 Å². The number of hydrogen-bond acceptors (Lipinski definition) is 14. The highest BCUT2D eigenvalue weighted by Gasteiger charge is 2.66. The molecule has 0 aromatic heterocycles. The Hall–Kier alpha value is -12.4. The third-order valence-electron chi connectivity index (χ3n) is 24.6. The van der Waals surface area contributed by atoms with Crippen molar-refractivity contribution in [3.05, 3.63) is 247 Å². The number of likely N-dealkylation sites (N-methyl/N-ethyl adjacent to an activating group) is 2. The molecule has 4 N–H and O–H groups in total. The molecule has 0 saturated carbocycles. The lowest BCUT2D eigenvalue weighted by atomic mass is 9.94. The standard InChI is InChI=1S/C14H19NO2.2C14H19NO.2C13H17NO2.2C13H17NO.C12H12F4O2.C12H16O2/c1-9(2)7-10-5-6-12-11(8-10)15-13(16)14(3,4)17-12;1-10(2)8-11-4-5-12-6-7-15(3)14(16)13(12)9-11;1-10(2)8-11-4-5-12-6-7-14(16)15(3)13(12)9-11;1-9(2)6-10-4-5-12-11(7-10)14(3)13(15)8-16-12;1-8(2)6-10-4-5-12-11(7-10)14-13(15)9(3)16-12;1-9(2)7-10-3-4-11-5-6-14-13(15)12(11)8-10;1-9(2)7-10-3-4-11-5-6-13(15)14-12(11)8-10;1-7(2)5-8-3-4-9-10(6-8)18-12(15,16)11(13,14)17-9;1-9(2)7-10-3-4-11-12(8-10)14-6-5-13-11/h5-6,8-9H,7H2,1-4H3,(H,15,16);2*4-5,9-10H,6-8H2,1-3H3;4-5,7,9H,6,8H2,1-3H3;4-5,7-9H,6H2,1-3H3,(H,14,15);2*3-4,8-9H,5-7H2,1-2H3,(H,14,15);3-4,6-7H,5H2,1-2H3;3-4,8-9H,5-7H2,1-2H3. The van der Waals surface area contributed by atoms with Crippen molar-refractivity contribution in [3.63, 3.8) is 0 Å². The molecule has 18 rings (SSSR count). The van der Waals surface area contributed by atoms with Gasteiger partial charge in [-0.25, -0.2) is 0 Å². The van der Waals surface area contributed by atoms with E-state index in [1.807, 2.05) is 81.4 Å². The number of hydrogen-bond donors (Lipinski definition) is 4. The maximum atomic E-state index is 13.0. The predicted molar refractivity (Wildman–Crippen MR) is 563 cm³/mol. The van der Waals surface area contributed by atoms with Gasteiger partial charge in [-0.05, 0) is 315 Å². The topological polar surface area (TPSA) is 242 Å². The van der Waals surface area contributed by atoms with Gasteiger partial charge in [-0.15, -0.1) is 0 Å². The van der Waals surface area contributed by atoms with Crippen LogP contribution in [0.25, 0.3) is 0 Å². The van der Waals surface area contributed by atoms with Crippen LogP contribution in [0.1, 0.15) is 251 Å². The van der Waals surface area contributed by atoms with Gasteiger partial charge in [-0.2, -0.15) is 17.6 Å². The summed E-state index contributed by atoms with van der Waals surface area (Å²) in [6, 6.07) is 54.0. The molecule has 0 fully saturated rings. The Labute approximate surface area is 845 Å². The number of aryl methyl sites for hydroxylation is 2. The second-order valence-electron chi connectivity index (χ2n) is 42.8. The zero-order chi connectivity index (χ0) is 105. The molecule has 1 unspecified atom stereocenters. The SMILES string of the molecule is CC(C)Cc1ccc2c(c1)C(=O)N(C)CC2.CC(C)Cc1ccc2c(c1)C(=O)NCC2.CC(C)Cc1ccc2c(c1)N(C)C(=O)CC2.CC(C)Cc1ccc2c(c1)N(C)C(=O)CO2.CC(C)Cc1ccc2c(c1)NC(=O)C(C)(C)O2.CC(C)Cc1ccc2c(c1)NC(=O)C(C)O2.CC(C)Cc1ccc2c(c1)NC(=O)CC2.CC(C)Cc1ccc2c(c1)OC(F)(F)C(F)(F)O2.CC(C)Cc1ccc2c(c1)OCCO2. The summed E-state index contributed by atoms with van der Waals surface area (Å²) in [5.74, 6) is 9.23. The zero-order valence-corrected chi connectivity index (χ0v) is 88.6. The quantitative estimate of drug-likeness (QED) is 0.0584. The molecule has 0 saturated heterocycles. The third-order valence-corrected chi connectivity index (χ3v) is 24.6. The summed E-state index contributed by atoms with van der Waals surface area (Å²) in [4.78, 5) is 86.4. The van der Waals surface area contributed by atoms with Crippen molar-refractivity contribution >= 4 is 69.8 Å². The first-order chi connectivity index (χ1) is 67.4. The van der Waals surface area contributed by atoms with E-state index < -0.39 is 23.9 Å². The van der Waals surface area contributed by atoms with E-state index in [1.165, 1.54) is 78.9 Å². The van der Waals surface area contributed by atoms with Gasteiger partial charge in [-0.1, -0.05) is 203 Å². The van der Waals surface area contributed by atoms with E-state index in [-0.39, 0.29) is 59.5 Å². The fourth-order valence-electron chi connectivity index (χ4n) is 17.7. The maximum absolute atomic E-state index is 13.0. The van der Waals surface area contributed by atoms with Crippen molar-refractivity contribution in [1.29, 1.82) is 0 Å². The molecular formula is C118H153F4N7O14. The Morgan fingerprint density at radius 1 is 0.350 bits per heavy atom. The summed E-state index contributed by atoms with van der Waals surface area (Å²) in [5, 5.41) is 11.6. The molecule has 9 aliphatic heterocycles. The first kappa shape index (κ1) is 113. The third kappa shape index (κ3) is 33.3. The van der Waals surface area contributed by atoms with E-state index in [4.69, 9.17) is 23.7 Å². The first-order valence-corrected chi connectivity index (χ1v) is 50.9. The summed E-state index contributed by atoms with van der Waals surface area (Å²) in [7, 11) is 5.54. The number of benzene rings is 9. The number of carbonyl (C=O) groups is 7. The molecule has 0 bridgehead atoms. The highest BCUT2D eigenvalue weighted by Crippen LogP contribution is 2.48. The summed E-state index contributed by atoms with van der Waals surface area (Å²) >= 11 is 0. The largest absolute Gasteiger partial charge is 0.507 e. The van der Waals surface area contributed by atoms with Crippen molar-refractivity contribution in [3.8, 4) is 40.2 Å². The van der Waals surface area contributed by atoms with Gasteiger partial charge >= 0.3 is 12.2 Å². The predicted octanol–water partition coefficient (Wildman–Crippen LogP) is 24.6. The Morgan fingerprint density at radius 3 is 1.27 bits per heavy atom. The van der Waals surface area contributed by atoms with E-state index in [0.29, 0.717) is 85.7 Å². The van der Waals surface area contributed by atoms with Gasteiger partial charge in [0, 0.05) is 69.6 Å². The van der Waals surface area contributed by atoms with Crippen molar-refractivity contribution in [2.75, 3.05) is 79.8 Å². The molecule has 9 aromatic rings. The fourth-order valence-corrected chi connectivity index (χ4v) is 17.7. The Bertz CT molecular complexity index is 5800. The number of halogens is 4. The van der Waals surface area contributed by atoms with Crippen LogP contribution in [0.5, 0.6) is 40.2 Å². The van der Waals surface area contributed by atoms with Crippen molar-refractivity contribution in [2.45, 2.75) is 266 Å². The van der Waals surface area contributed by atoms with E-state index in [1.54, 1.807) is 43.7 Å². The average Bonchev–Trinajstić information content (AvgIpc) is 0.758. The molecule has 772 valence electrons. The van der Waals surface area contributed by atoms with Gasteiger partial charge in [-0.3, -0.25) is 33.6 Å². The van der Waals surface area contributed by atoms with Crippen LogP contribution >= 0.6 is 0 Å². The highest BCUT2D eigenvalue weighted by molar-refractivity contribution is 6.02. The molecule has 0 aliphatic carbocycles. The number of ether oxygens (including phenoxy) is 7. The molecule has 25 heteroatoms. The van der Waals surface area contributed by atoms with Crippen LogP contribution in [0.4, 0.5) is 46.0 Å². The first-order valence-electron chi connectivity index (χ1n) is 50.9. The lowest BCUT2D eigenvalue weighted by molar-refractivity contribution is -0.391. The summed E-state index contributed by atoms with van der Waals surface area (Å²) in [5.41, 5.74) is 21.5. The number of anilines is 5. The number of fused-ring (bicyclic) bond motifs is 9. The van der Waals surface area contributed by atoms with Crippen LogP contribution < -0.4 is 64.2 Å².